The van der Waals surface area contributed by atoms with E-state index in [4.69, 9.17) is 17.3 Å². The van der Waals surface area contributed by atoms with Crippen LogP contribution in [-0.4, -0.2) is 18.0 Å². The zero-order valence-corrected chi connectivity index (χ0v) is 14.0. The van der Waals surface area contributed by atoms with Gasteiger partial charge in [0, 0.05) is 22.5 Å². The molecule has 0 radical (unpaired) electrons. The third kappa shape index (κ3) is 3.16. The van der Waals surface area contributed by atoms with Crippen LogP contribution in [0.5, 0.6) is 0 Å². The SMILES string of the molecule is CC1(N)CCCCC1C(=O)NCC1(c2cccc(Cl)c2)CC1. The first-order valence-electron chi connectivity index (χ1n) is 8.26. The van der Waals surface area contributed by atoms with E-state index in [9.17, 15) is 4.79 Å². The molecule has 1 aromatic rings. The Morgan fingerprint density at radius 3 is 2.77 bits per heavy atom. The first kappa shape index (κ1) is 15.8. The normalized spacial score (nSPS) is 29.9. The van der Waals surface area contributed by atoms with Crippen molar-refractivity contribution in [1.29, 1.82) is 0 Å². The van der Waals surface area contributed by atoms with Crippen LogP contribution in [0.1, 0.15) is 51.0 Å². The van der Waals surface area contributed by atoms with Crippen molar-refractivity contribution in [2.24, 2.45) is 11.7 Å². The second-order valence-corrected chi connectivity index (χ2v) is 7.75. The van der Waals surface area contributed by atoms with E-state index in [1.54, 1.807) is 0 Å². The van der Waals surface area contributed by atoms with E-state index in [0.717, 1.165) is 43.5 Å². The molecule has 3 rings (SSSR count). The van der Waals surface area contributed by atoms with Crippen molar-refractivity contribution in [2.75, 3.05) is 6.54 Å². The van der Waals surface area contributed by atoms with E-state index in [0.29, 0.717) is 6.54 Å². The summed E-state index contributed by atoms with van der Waals surface area (Å²) in [6, 6.07) is 8.01. The monoisotopic (exact) mass is 320 g/mol. The van der Waals surface area contributed by atoms with Gasteiger partial charge in [-0.2, -0.15) is 0 Å². The fraction of sp³-hybridized carbons (Fsp3) is 0.611. The Bertz CT molecular complexity index is 566. The summed E-state index contributed by atoms with van der Waals surface area (Å²) in [4.78, 5) is 12.6. The van der Waals surface area contributed by atoms with Crippen LogP contribution in [0.2, 0.25) is 5.02 Å². The molecule has 3 N–H and O–H groups in total. The number of carbonyl (C=O) groups is 1. The van der Waals surface area contributed by atoms with Gasteiger partial charge in [0.2, 0.25) is 5.91 Å². The van der Waals surface area contributed by atoms with Gasteiger partial charge in [-0.05, 0) is 50.3 Å². The summed E-state index contributed by atoms with van der Waals surface area (Å²) >= 11 is 6.10. The van der Waals surface area contributed by atoms with Gasteiger partial charge in [-0.15, -0.1) is 0 Å². The molecule has 2 fully saturated rings. The van der Waals surface area contributed by atoms with Gasteiger partial charge in [0.05, 0.1) is 5.92 Å². The van der Waals surface area contributed by atoms with Crippen molar-refractivity contribution in [3.05, 3.63) is 34.9 Å². The fourth-order valence-corrected chi connectivity index (χ4v) is 3.90. The molecule has 0 aliphatic heterocycles. The van der Waals surface area contributed by atoms with Crippen molar-refractivity contribution in [2.45, 2.75) is 56.4 Å². The van der Waals surface area contributed by atoms with Gasteiger partial charge in [0.15, 0.2) is 0 Å². The van der Waals surface area contributed by atoms with Gasteiger partial charge in [0.1, 0.15) is 0 Å². The number of carbonyl (C=O) groups excluding carboxylic acids is 1. The van der Waals surface area contributed by atoms with Crippen LogP contribution in [-0.2, 0) is 10.2 Å². The zero-order valence-electron chi connectivity index (χ0n) is 13.2. The number of rotatable bonds is 4. The summed E-state index contributed by atoms with van der Waals surface area (Å²) in [5, 5.41) is 3.93. The second kappa shape index (κ2) is 5.86. The first-order chi connectivity index (χ1) is 10.4. The number of nitrogens with two attached hydrogens (primary N) is 1. The quantitative estimate of drug-likeness (QED) is 0.893. The second-order valence-electron chi connectivity index (χ2n) is 7.31. The Morgan fingerprint density at radius 2 is 2.14 bits per heavy atom. The molecule has 0 bridgehead atoms. The third-order valence-electron chi connectivity index (χ3n) is 5.46. The van der Waals surface area contributed by atoms with Gasteiger partial charge in [-0.3, -0.25) is 4.79 Å². The lowest BCUT2D eigenvalue weighted by molar-refractivity contribution is -0.128. The lowest BCUT2D eigenvalue weighted by Crippen LogP contribution is -2.53. The van der Waals surface area contributed by atoms with Crippen molar-refractivity contribution in [3.63, 3.8) is 0 Å². The lowest BCUT2D eigenvalue weighted by Gasteiger charge is -2.37. The van der Waals surface area contributed by atoms with Crippen molar-refractivity contribution in [3.8, 4) is 0 Å². The maximum absolute atomic E-state index is 12.6. The van der Waals surface area contributed by atoms with Crippen LogP contribution >= 0.6 is 11.6 Å². The van der Waals surface area contributed by atoms with E-state index < -0.39 is 0 Å². The topological polar surface area (TPSA) is 55.1 Å². The van der Waals surface area contributed by atoms with Gasteiger partial charge < -0.3 is 11.1 Å². The Balaban J connectivity index is 1.64. The number of benzene rings is 1. The van der Waals surface area contributed by atoms with Crippen molar-refractivity contribution < 1.29 is 4.79 Å². The molecule has 0 saturated heterocycles. The van der Waals surface area contributed by atoms with Crippen LogP contribution in [0.25, 0.3) is 0 Å². The van der Waals surface area contributed by atoms with Gasteiger partial charge in [-0.1, -0.05) is 36.6 Å². The molecule has 0 aromatic heterocycles. The van der Waals surface area contributed by atoms with Crippen molar-refractivity contribution in [1.82, 2.24) is 5.32 Å². The molecule has 2 atom stereocenters. The number of halogens is 1. The van der Waals surface area contributed by atoms with E-state index in [2.05, 4.69) is 11.4 Å². The number of nitrogens with one attached hydrogen (secondary N) is 1. The van der Waals surface area contributed by atoms with E-state index in [1.807, 2.05) is 25.1 Å². The third-order valence-corrected chi connectivity index (χ3v) is 5.70. The van der Waals surface area contributed by atoms with E-state index >= 15 is 0 Å². The standard InChI is InChI=1S/C18H25ClN2O/c1-17(20)8-3-2-7-15(17)16(22)21-12-18(9-10-18)13-5-4-6-14(19)11-13/h4-6,11,15H,2-3,7-10,12,20H2,1H3,(H,21,22). The van der Waals surface area contributed by atoms with Gasteiger partial charge >= 0.3 is 0 Å². The zero-order chi connectivity index (χ0) is 15.8. The van der Waals surface area contributed by atoms with Crippen LogP contribution in [0.4, 0.5) is 0 Å². The Hall–Kier alpha value is -1.06. The van der Waals surface area contributed by atoms with Gasteiger partial charge in [-0.25, -0.2) is 0 Å². The first-order valence-corrected chi connectivity index (χ1v) is 8.63. The summed E-state index contributed by atoms with van der Waals surface area (Å²) in [7, 11) is 0. The largest absolute Gasteiger partial charge is 0.355 e. The smallest absolute Gasteiger partial charge is 0.224 e. The minimum atomic E-state index is -0.366. The molecule has 4 heteroatoms. The predicted molar refractivity (Wildman–Crippen MR) is 89.9 cm³/mol. The molecular formula is C18H25ClN2O. The molecule has 3 nitrogen and oxygen atoms in total. The minimum absolute atomic E-state index is 0.0589. The molecule has 1 aromatic carbocycles. The molecule has 0 spiro atoms. The highest BCUT2D eigenvalue weighted by atomic mass is 35.5. The highest BCUT2D eigenvalue weighted by Crippen LogP contribution is 2.48. The summed E-state index contributed by atoms with van der Waals surface area (Å²) in [6.45, 7) is 2.71. The molecule has 2 unspecified atom stereocenters. The lowest BCUT2D eigenvalue weighted by atomic mass is 9.74. The van der Waals surface area contributed by atoms with E-state index in [1.165, 1.54) is 5.56 Å². The number of hydrogen-bond acceptors (Lipinski definition) is 2. The minimum Gasteiger partial charge on any atom is -0.355 e. The fourth-order valence-electron chi connectivity index (χ4n) is 3.71. The maximum atomic E-state index is 12.6. The average Bonchev–Trinajstić information content (AvgIpc) is 3.25. The average molecular weight is 321 g/mol. The maximum Gasteiger partial charge on any atom is 0.224 e. The van der Waals surface area contributed by atoms with Crippen LogP contribution in [0.3, 0.4) is 0 Å². The predicted octanol–water partition coefficient (Wildman–Crippen LogP) is 3.40. The summed E-state index contributed by atoms with van der Waals surface area (Å²) < 4.78 is 0. The van der Waals surface area contributed by atoms with Crippen LogP contribution in [0.15, 0.2) is 24.3 Å². The van der Waals surface area contributed by atoms with E-state index in [-0.39, 0.29) is 22.8 Å². The number of hydrogen-bond donors (Lipinski definition) is 2. The highest BCUT2D eigenvalue weighted by molar-refractivity contribution is 6.30. The molecule has 1 amide bonds. The Labute approximate surface area is 137 Å². The molecule has 120 valence electrons. The van der Waals surface area contributed by atoms with Gasteiger partial charge in [0.25, 0.3) is 0 Å². The Morgan fingerprint density at radius 1 is 1.36 bits per heavy atom. The molecule has 2 aliphatic carbocycles. The molecule has 0 heterocycles. The highest BCUT2D eigenvalue weighted by Gasteiger charge is 2.45. The van der Waals surface area contributed by atoms with Crippen molar-refractivity contribution >= 4 is 17.5 Å². The molecule has 2 aliphatic rings. The Kier molecular flexibility index (Phi) is 4.21. The summed E-state index contributed by atoms with van der Waals surface area (Å²) in [5.74, 6) is 0.0643. The summed E-state index contributed by atoms with van der Waals surface area (Å²) in [5.41, 5.74) is 7.28. The van der Waals surface area contributed by atoms with Crippen LogP contribution in [0, 0.1) is 5.92 Å². The van der Waals surface area contributed by atoms with Crippen LogP contribution < -0.4 is 11.1 Å². The molecule has 22 heavy (non-hydrogen) atoms. The molecule has 2 saturated carbocycles. The molecular weight excluding hydrogens is 296 g/mol. The summed E-state index contributed by atoms with van der Waals surface area (Å²) in [6.07, 6.45) is 6.29. The number of amides is 1.